The average Bonchev–Trinajstić information content (AvgIpc) is 3.15. The number of hydrogen-bond acceptors (Lipinski definition) is 5. The molecule has 0 aromatic rings. The molecule has 1 aliphatic heterocycles. The summed E-state index contributed by atoms with van der Waals surface area (Å²) in [6.07, 6.45) is 22.5. The van der Waals surface area contributed by atoms with Crippen molar-refractivity contribution in [2.24, 2.45) is 0 Å². The van der Waals surface area contributed by atoms with Crippen LogP contribution in [-0.4, -0.2) is 59.6 Å². The molecule has 1 rings (SSSR count). The first-order chi connectivity index (χ1) is 15.2. The topological polar surface area (TPSA) is 79.2 Å². The lowest BCUT2D eigenvalue weighted by Gasteiger charge is -2.23. The van der Waals surface area contributed by atoms with Gasteiger partial charge in [0.15, 0.2) is 0 Å². The molecule has 1 fully saturated rings. The van der Waals surface area contributed by atoms with Crippen LogP contribution in [0.5, 0.6) is 0 Å². The van der Waals surface area contributed by atoms with E-state index in [0.717, 1.165) is 12.8 Å². The quantitative estimate of drug-likeness (QED) is 0.166. The van der Waals surface area contributed by atoms with Crippen LogP contribution in [0.3, 0.4) is 0 Å². The lowest BCUT2D eigenvalue weighted by molar-refractivity contribution is -0.0938. The summed E-state index contributed by atoms with van der Waals surface area (Å²) in [7, 11) is 0. The lowest BCUT2D eigenvalue weighted by Crippen LogP contribution is -2.42. The summed E-state index contributed by atoms with van der Waals surface area (Å²) in [6, 6.07) is 0. The van der Waals surface area contributed by atoms with Crippen LogP contribution in [0.4, 0.5) is 0 Å². The number of aliphatic hydroxyl groups is 3. The van der Waals surface area contributed by atoms with Crippen LogP contribution >= 0.6 is 0 Å². The predicted molar refractivity (Wildman–Crippen MR) is 127 cm³/mol. The Bertz CT molecular complexity index is 415. The number of unbranched alkanes of at least 4 members (excludes halogenated alkanes) is 14. The number of allylic oxidation sites excluding steroid dienone is 2. The molecule has 0 spiro atoms. The fraction of sp³-hybridized carbons (Fsp3) is 0.923. The van der Waals surface area contributed by atoms with Crippen molar-refractivity contribution < 1.29 is 24.8 Å². The maximum absolute atomic E-state index is 9.91. The standard InChI is InChI=1S/C26H50O5/c1-2-3-4-5-6-7-8-9-10-11-12-13-14-15-16-17-18-19-20-30-26-24(29)22-31-25(26)23(28)21-27/h12-13,23-29H,2-11,14-22H2,1H3/b13-12+/t23-,24+,25+,26+/m0/s1. The lowest BCUT2D eigenvalue weighted by atomic mass is 10.1. The molecule has 31 heavy (non-hydrogen) atoms. The molecule has 5 heteroatoms. The molecule has 184 valence electrons. The van der Waals surface area contributed by atoms with Crippen LogP contribution in [0, 0.1) is 0 Å². The molecular formula is C26H50O5. The molecule has 5 nitrogen and oxygen atoms in total. The fourth-order valence-electron chi connectivity index (χ4n) is 4.18. The van der Waals surface area contributed by atoms with Gasteiger partial charge in [0, 0.05) is 6.61 Å². The Balaban J connectivity index is 1.84. The van der Waals surface area contributed by atoms with Gasteiger partial charge in [-0.15, -0.1) is 0 Å². The van der Waals surface area contributed by atoms with Crippen LogP contribution in [-0.2, 0) is 9.47 Å². The molecule has 0 saturated carbocycles. The summed E-state index contributed by atoms with van der Waals surface area (Å²) >= 11 is 0. The Morgan fingerprint density at radius 1 is 0.839 bits per heavy atom. The van der Waals surface area contributed by atoms with Crippen LogP contribution in [0.15, 0.2) is 12.2 Å². The molecule has 0 radical (unpaired) electrons. The van der Waals surface area contributed by atoms with E-state index in [1.54, 1.807) is 0 Å². The molecule has 0 aromatic carbocycles. The van der Waals surface area contributed by atoms with Crippen LogP contribution in [0.1, 0.15) is 110 Å². The van der Waals surface area contributed by atoms with E-state index in [0.29, 0.717) is 6.61 Å². The highest BCUT2D eigenvalue weighted by atomic mass is 16.6. The SMILES string of the molecule is CCCCCCCCCCC/C=C/CCCCCCCO[C@H]1[C@@H]([C@@H](O)CO)OC[C@H]1O. The normalized spacial score (nSPS) is 22.5. The third-order valence-electron chi connectivity index (χ3n) is 6.20. The van der Waals surface area contributed by atoms with E-state index in [1.165, 1.54) is 89.9 Å². The van der Waals surface area contributed by atoms with Crippen molar-refractivity contribution in [2.45, 2.75) is 134 Å². The molecule has 0 bridgehead atoms. The first-order valence-electron chi connectivity index (χ1n) is 13.1. The molecule has 0 amide bonds. The summed E-state index contributed by atoms with van der Waals surface area (Å²) in [6.45, 7) is 2.59. The highest BCUT2D eigenvalue weighted by molar-refractivity contribution is 4.89. The average molecular weight is 443 g/mol. The van der Waals surface area contributed by atoms with E-state index in [2.05, 4.69) is 19.1 Å². The van der Waals surface area contributed by atoms with Gasteiger partial charge < -0.3 is 24.8 Å². The van der Waals surface area contributed by atoms with Gasteiger partial charge in [0.1, 0.15) is 24.4 Å². The first-order valence-corrected chi connectivity index (χ1v) is 13.1. The molecule has 1 saturated heterocycles. The highest BCUT2D eigenvalue weighted by Gasteiger charge is 2.40. The first kappa shape index (κ1) is 28.6. The second-order valence-corrected chi connectivity index (χ2v) is 9.10. The summed E-state index contributed by atoms with van der Waals surface area (Å²) < 4.78 is 11.1. The van der Waals surface area contributed by atoms with E-state index in [-0.39, 0.29) is 13.2 Å². The minimum absolute atomic E-state index is 0.152. The van der Waals surface area contributed by atoms with Crippen molar-refractivity contribution in [3.8, 4) is 0 Å². The van der Waals surface area contributed by atoms with Crippen LogP contribution in [0.2, 0.25) is 0 Å². The molecule has 4 atom stereocenters. The Morgan fingerprint density at radius 3 is 1.90 bits per heavy atom. The second kappa shape index (κ2) is 20.2. The molecule has 0 unspecified atom stereocenters. The number of aliphatic hydroxyl groups excluding tert-OH is 3. The molecule has 1 heterocycles. The summed E-state index contributed by atoms with van der Waals surface area (Å²) in [5, 5.41) is 28.7. The van der Waals surface area contributed by atoms with Crippen molar-refractivity contribution in [2.75, 3.05) is 19.8 Å². The molecular weight excluding hydrogens is 392 g/mol. The Labute approximate surface area is 191 Å². The van der Waals surface area contributed by atoms with Gasteiger partial charge in [-0.2, -0.15) is 0 Å². The van der Waals surface area contributed by atoms with Gasteiger partial charge in [-0.25, -0.2) is 0 Å². The molecule has 0 aromatic heterocycles. The highest BCUT2D eigenvalue weighted by Crippen LogP contribution is 2.21. The van der Waals surface area contributed by atoms with Gasteiger partial charge in [0.05, 0.1) is 13.2 Å². The van der Waals surface area contributed by atoms with E-state index in [9.17, 15) is 10.2 Å². The Morgan fingerprint density at radius 2 is 1.35 bits per heavy atom. The van der Waals surface area contributed by atoms with Crippen molar-refractivity contribution in [1.82, 2.24) is 0 Å². The van der Waals surface area contributed by atoms with Crippen molar-refractivity contribution in [3.05, 3.63) is 12.2 Å². The van der Waals surface area contributed by atoms with E-state index in [1.807, 2.05) is 0 Å². The summed E-state index contributed by atoms with van der Waals surface area (Å²) in [5.41, 5.74) is 0. The number of rotatable bonds is 21. The van der Waals surface area contributed by atoms with Gasteiger partial charge >= 0.3 is 0 Å². The monoisotopic (exact) mass is 442 g/mol. The summed E-state index contributed by atoms with van der Waals surface area (Å²) in [5.74, 6) is 0. The summed E-state index contributed by atoms with van der Waals surface area (Å²) in [4.78, 5) is 0. The van der Waals surface area contributed by atoms with Gasteiger partial charge in [-0.1, -0.05) is 89.7 Å². The molecule has 1 aliphatic rings. The minimum Gasteiger partial charge on any atom is -0.394 e. The van der Waals surface area contributed by atoms with Crippen molar-refractivity contribution >= 4 is 0 Å². The molecule has 3 N–H and O–H groups in total. The van der Waals surface area contributed by atoms with Gasteiger partial charge in [-0.05, 0) is 32.1 Å². The maximum atomic E-state index is 9.91. The van der Waals surface area contributed by atoms with Gasteiger partial charge in [0.2, 0.25) is 0 Å². The van der Waals surface area contributed by atoms with E-state index < -0.39 is 24.4 Å². The zero-order valence-electron chi connectivity index (χ0n) is 20.1. The van der Waals surface area contributed by atoms with Crippen LogP contribution in [0.25, 0.3) is 0 Å². The zero-order chi connectivity index (χ0) is 22.6. The van der Waals surface area contributed by atoms with E-state index in [4.69, 9.17) is 14.6 Å². The third-order valence-corrected chi connectivity index (χ3v) is 6.20. The number of hydrogen-bond donors (Lipinski definition) is 3. The Kier molecular flexibility index (Phi) is 18.6. The van der Waals surface area contributed by atoms with Crippen LogP contribution < -0.4 is 0 Å². The largest absolute Gasteiger partial charge is 0.394 e. The third kappa shape index (κ3) is 14.3. The smallest absolute Gasteiger partial charge is 0.114 e. The maximum Gasteiger partial charge on any atom is 0.114 e. The van der Waals surface area contributed by atoms with Gasteiger partial charge in [-0.3, -0.25) is 0 Å². The minimum atomic E-state index is -1.00. The van der Waals surface area contributed by atoms with Crippen molar-refractivity contribution in [3.63, 3.8) is 0 Å². The Hall–Kier alpha value is -0.460. The number of ether oxygens (including phenoxy) is 2. The van der Waals surface area contributed by atoms with Gasteiger partial charge in [0.25, 0.3) is 0 Å². The van der Waals surface area contributed by atoms with Crippen molar-refractivity contribution in [1.29, 1.82) is 0 Å². The van der Waals surface area contributed by atoms with E-state index >= 15 is 0 Å². The second-order valence-electron chi connectivity index (χ2n) is 9.10. The fourth-order valence-corrected chi connectivity index (χ4v) is 4.18. The zero-order valence-corrected chi connectivity index (χ0v) is 20.1. The molecule has 0 aliphatic carbocycles. The predicted octanol–water partition coefficient (Wildman–Crippen LogP) is 5.30.